The lowest BCUT2D eigenvalue weighted by atomic mass is 9.85. The van der Waals surface area contributed by atoms with Crippen LogP contribution >= 0.6 is 11.3 Å². The van der Waals surface area contributed by atoms with Gasteiger partial charge in [-0.25, -0.2) is 9.78 Å². The molecule has 0 unspecified atom stereocenters. The summed E-state index contributed by atoms with van der Waals surface area (Å²) in [5.74, 6) is -0.445. The number of nitrogens with zero attached hydrogens (tertiary/aromatic N) is 3. The van der Waals surface area contributed by atoms with E-state index in [9.17, 15) is 9.59 Å². The Kier molecular flexibility index (Phi) is 4.92. The van der Waals surface area contributed by atoms with Gasteiger partial charge in [-0.2, -0.15) is 0 Å². The lowest BCUT2D eigenvalue weighted by Crippen LogP contribution is -2.30. The molecular weight excluding hydrogens is 400 g/mol. The van der Waals surface area contributed by atoms with E-state index in [1.165, 1.54) is 11.3 Å². The maximum Gasteiger partial charge on any atom is 0.420 e. The molecule has 7 nitrogen and oxygen atoms in total. The number of oxazole rings is 1. The average Bonchev–Trinajstić information content (AvgIpc) is 3.38. The number of rotatable bonds is 4. The number of hydrogen-bond donors (Lipinski definition) is 1. The van der Waals surface area contributed by atoms with Gasteiger partial charge in [0.2, 0.25) is 5.91 Å². The van der Waals surface area contributed by atoms with Crippen molar-refractivity contribution in [3.05, 3.63) is 64.7 Å². The topological polar surface area (TPSA) is 90.0 Å². The summed E-state index contributed by atoms with van der Waals surface area (Å²) in [6.45, 7) is 0. The van der Waals surface area contributed by atoms with E-state index in [4.69, 9.17) is 4.42 Å². The Bertz CT molecular complexity index is 1240. The smallest absolute Gasteiger partial charge is 0.406 e. The molecule has 8 heteroatoms. The van der Waals surface area contributed by atoms with Crippen molar-refractivity contribution in [2.45, 2.75) is 31.7 Å². The fourth-order valence-corrected chi connectivity index (χ4v) is 4.84. The fraction of sp³-hybridized carbons (Fsp3) is 0.273. The summed E-state index contributed by atoms with van der Waals surface area (Å²) < 4.78 is 7.01. The van der Waals surface area contributed by atoms with Crippen molar-refractivity contribution in [3.8, 4) is 11.3 Å². The van der Waals surface area contributed by atoms with E-state index in [0.717, 1.165) is 42.5 Å². The molecule has 0 atom stereocenters. The molecule has 1 fully saturated rings. The van der Waals surface area contributed by atoms with Crippen LogP contribution < -0.4 is 11.1 Å². The predicted molar refractivity (Wildman–Crippen MR) is 115 cm³/mol. The van der Waals surface area contributed by atoms with Gasteiger partial charge in [-0.05, 0) is 31.7 Å². The Morgan fingerprint density at radius 2 is 1.93 bits per heavy atom. The highest BCUT2D eigenvalue weighted by Crippen LogP contribution is 2.34. The molecule has 1 aliphatic carbocycles. The number of fused-ring (bicyclic) bond motifs is 1. The zero-order chi connectivity index (χ0) is 20.5. The van der Waals surface area contributed by atoms with E-state index in [0.29, 0.717) is 10.7 Å². The summed E-state index contributed by atoms with van der Waals surface area (Å²) in [5, 5.41) is 5.53. The minimum Gasteiger partial charge on any atom is -0.406 e. The number of carbonyl (C=O) groups excluding carboxylic acids is 1. The number of pyridine rings is 1. The summed E-state index contributed by atoms with van der Waals surface area (Å²) in [4.78, 5) is 33.6. The van der Waals surface area contributed by atoms with Gasteiger partial charge >= 0.3 is 5.76 Å². The van der Waals surface area contributed by atoms with Crippen LogP contribution in [0.15, 0.2) is 63.4 Å². The SMILES string of the molecule is O=C(Nc1nc(-c2ccccc2)cs1)C1CCC(n2c(=O)oc3cnccc32)CC1. The predicted octanol–water partition coefficient (Wildman–Crippen LogP) is 4.48. The van der Waals surface area contributed by atoms with Gasteiger partial charge in [0.05, 0.1) is 17.4 Å². The second-order valence-electron chi connectivity index (χ2n) is 7.48. The molecule has 30 heavy (non-hydrogen) atoms. The van der Waals surface area contributed by atoms with Crippen molar-refractivity contribution in [1.29, 1.82) is 0 Å². The summed E-state index contributed by atoms with van der Waals surface area (Å²) in [6, 6.07) is 11.7. The van der Waals surface area contributed by atoms with E-state index in [2.05, 4.69) is 15.3 Å². The molecule has 0 radical (unpaired) electrons. The van der Waals surface area contributed by atoms with E-state index in [1.54, 1.807) is 23.0 Å². The minimum absolute atomic E-state index is 0.00369. The van der Waals surface area contributed by atoms with Crippen LogP contribution in [-0.4, -0.2) is 20.4 Å². The molecule has 1 N–H and O–H groups in total. The highest BCUT2D eigenvalue weighted by atomic mass is 32.1. The first kappa shape index (κ1) is 18.7. The van der Waals surface area contributed by atoms with Gasteiger partial charge in [-0.3, -0.25) is 14.3 Å². The van der Waals surface area contributed by atoms with Gasteiger partial charge in [0.15, 0.2) is 10.7 Å². The number of benzene rings is 1. The Morgan fingerprint density at radius 3 is 2.73 bits per heavy atom. The van der Waals surface area contributed by atoms with Crippen molar-refractivity contribution in [3.63, 3.8) is 0 Å². The molecule has 1 aromatic carbocycles. The average molecular weight is 420 g/mol. The summed E-state index contributed by atoms with van der Waals surface area (Å²) in [6.07, 6.45) is 6.16. The lowest BCUT2D eigenvalue weighted by molar-refractivity contribution is -0.121. The molecule has 152 valence electrons. The Morgan fingerprint density at radius 1 is 1.13 bits per heavy atom. The largest absolute Gasteiger partial charge is 0.420 e. The number of carbonyl (C=O) groups is 1. The Labute approximate surface area is 176 Å². The first-order valence-corrected chi connectivity index (χ1v) is 10.8. The van der Waals surface area contributed by atoms with Gasteiger partial charge in [-0.1, -0.05) is 30.3 Å². The van der Waals surface area contributed by atoms with Gasteiger partial charge in [-0.15, -0.1) is 11.3 Å². The van der Waals surface area contributed by atoms with Gasteiger partial charge < -0.3 is 9.73 Å². The lowest BCUT2D eigenvalue weighted by Gasteiger charge is -2.27. The Balaban J connectivity index is 1.24. The maximum absolute atomic E-state index is 12.7. The van der Waals surface area contributed by atoms with Gasteiger partial charge in [0, 0.05) is 29.1 Å². The third-order valence-corrected chi connectivity index (χ3v) is 6.41. The van der Waals surface area contributed by atoms with E-state index >= 15 is 0 Å². The third kappa shape index (κ3) is 3.54. The number of amides is 1. The number of anilines is 1. The van der Waals surface area contributed by atoms with Gasteiger partial charge in [0.25, 0.3) is 0 Å². The van der Waals surface area contributed by atoms with Crippen molar-refractivity contribution in [2.75, 3.05) is 5.32 Å². The van der Waals surface area contributed by atoms with E-state index in [-0.39, 0.29) is 23.6 Å². The minimum atomic E-state index is -0.359. The number of hydrogen-bond acceptors (Lipinski definition) is 6. The summed E-state index contributed by atoms with van der Waals surface area (Å²) in [7, 11) is 0. The number of thiazole rings is 1. The van der Waals surface area contributed by atoms with Crippen LogP contribution in [0, 0.1) is 5.92 Å². The number of aromatic nitrogens is 3. The summed E-state index contributed by atoms with van der Waals surface area (Å²) in [5.41, 5.74) is 3.16. The number of nitrogens with one attached hydrogen (secondary N) is 1. The monoisotopic (exact) mass is 420 g/mol. The third-order valence-electron chi connectivity index (χ3n) is 5.65. The van der Waals surface area contributed by atoms with Gasteiger partial charge in [0.1, 0.15) is 0 Å². The molecule has 1 aliphatic rings. The Hall–Kier alpha value is -3.26. The standard InChI is InChI=1S/C22H20N4O3S/c27-20(25-21-24-17(13-30-21)14-4-2-1-3-5-14)15-6-8-16(9-7-15)26-18-10-11-23-12-19(18)29-22(26)28/h1-5,10-13,15-16H,6-9H2,(H,24,25,27). The first-order chi connectivity index (χ1) is 14.7. The molecule has 0 saturated heterocycles. The fourth-order valence-electron chi connectivity index (χ4n) is 4.11. The molecular formula is C22H20N4O3S. The molecule has 5 rings (SSSR count). The zero-order valence-corrected chi connectivity index (χ0v) is 17.0. The molecule has 0 aliphatic heterocycles. The van der Waals surface area contributed by atoms with E-state index < -0.39 is 0 Å². The van der Waals surface area contributed by atoms with Crippen molar-refractivity contribution < 1.29 is 9.21 Å². The first-order valence-electron chi connectivity index (χ1n) is 9.96. The van der Waals surface area contributed by atoms with Crippen molar-refractivity contribution >= 4 is 33.5 Å². The van der Waals surface area contributed by atoms with E-state index in [1.807, 2.05) is 35.7 Å². The normalized spacial score (nSPS) is 19.1. The second kappa shape index (κ2) is 7.87. The molecule has 3 heterocycles. The van der Waals surface area contributed by atoms with Crippen molar-refractivity contribution in [2.24, 2.45) is 5.92 Å². The van der Waals surface area contributed by atoms with Crippen molar-refractivity contribution in [1.82, 2.24) is 14.5 Å². The van der Waals surface area contributed by atoms with Crippen LogP contribution in [0.1, 0.15) is 31.7 Å². The molecule has 0 bridgehead atoms. The molecule has 3 aromatic heterocycles. The van der Waals surface area contributed by atoms with Crippen LogP contribution in [0.5, 0.6) is 0 Å². The van der Waals surface area contributed by atoms with Crippen LogP contribution in [0.4, 0.5) is 5.13 Å². The van der Waals surface area contributed by atoms with Crippen LogP contribution in [-0.2, 0) is 4.79 Å². The highest BCUT2D eigenvalue weighted by Gasteiger charge is 2.29. The molecule has 4 aromatic rings. The summed E-state index contributed by atoms with van der Waals surface area (Å²) >= 11 is 1.43. The zero-order valence-electron chi connectivity index (χ0n) is 16.2. The maximum atomic E-state index is 12.7. The molecule has 1 amide bonds. The molecule has 0 spiro atoms. The second-order valence-corrected chi connectivity index (χ2v) is 8.34. The van der Waals surface area contributed by atoms with Crippen LogP contribution in [0.2, 0.25) is 0 Å². The highest BCUT2D eigenvalue weighted by molar-refractivity contribution is 7.14. The molecule has 1 saturated carbocycles. The quantitative estimate of drug-likeness (QED) is 0.526. The van der Waals surface area contributed by atoms with Crippen LogP contribution in [0.3, 0.4) is 0 Å². The van der Waals surface area contributed by atoms with Crippen LogP contribution in [0.25, 0.3) is 22.4 Å².